The van der Waals surface area contributed by atoms with E-state index in [4.69, 9.17) is 4.74 Å². The number of aromatic nitrogens is 1. The lowest BCUT2D eigenvalue weighted by molar-refractivity contribution is -0.120. The molecule has 176 valence electrons. The molecular weight excluding hydrogens is 442 g/mol. The highest BCUT2D eigenvalue weighted by Gasteiger charge is 2.31. The lowest BCUT2D eigenvalue weighted by Crippen LogP contribution is -2.26. The van der Waals surface area contributed by atoms with E-state index in [1.165, 1.54) is 0 Å². The van der Waals surface area contributed by atoms with Gasteiger partial charge in [0.05, 0.1) is 17.6 Å². The maximum Gasteiger partial charge on any atom is 0.224 e. The Morgan fingerprint density at radius 1 is 1.03 bits per heavy atom. The molecule has 0 bridgehead atoms. The van der Waals surface area contributed by atoms with E-state index in [2.05, 4.69) is 10.3 Å². The third-order valence-corrected chi connectivity index (χ3v) is 5.75. The number of aryl methyl sites for hydroxylation is 1. The van der Waals surface area contributed by atoms with Gasteiger partial charge in [0.2, 0.25) is 5.91 Å². The minimum absolute atomic E-state index is 0.0340. The fourth-order valence-electron chi connectivity index (χ4n) is 4.01. The number of ether oxygens (including phenoxy) is 1. The van der Waals surface area contributed by atoms with E-state index in [1.54, 1.807) is 36.7 Å². The quantitative estimate of drug-likeness (QED) is 0.394. The van der Waals surface area contributed by atoms with E-state index in [0.717, 1.165) is 16.9 Å². The number of amides is 1. The summed E-state index contributed by atoms with van der Waals surface area (Å²) >= 11 is 0. The van der Waals surface area contributed by atoms with Crippen LogP contribution in [0.2, 0.25) is 0 Å². The van der Waals surface area contributed by atoms with Crippen LogP contribution in [0, 0.1) is 18.3 Å². The number of carbonyl (C=O) groups excluding carboxylic acids is 2. The van der Waals surface area contributed by atoms with Gasteiger partial charge in [-0.3, -0.25) is 14.6 Å². The minimum atomic E-state index is -0.374. The van der Waals surface area contributed by atoms with Crippen molar-refractivity contribution in [3.63, 3.8) is 0 Å². The standard InChI is InChI=1S/C27H25N5O3/c1-18-15-19(10-12-25(18)35-20-7-6-14-29-17-20)30-26(34)13-11-24(33)21(16-28)27-31(2)22-8-4-5-9-23(22)32(27)3/h4-10,12,14-15,17H,11,13H2,1-3H3,(H,30,34). The molecule has 1 aromatic heterocycles. The fraction of sp³-hybridized carbons (Fsp3) is 0.185. The average Bonchev–Trinajstić information content (AvgIpc) is 3.11. The zero-order valence-corrected chi connectivity index (χ0v) is 19.8. The van der Waals surface area contributed by atoms with E-state index in [0.29, 0.717) is 23.0 Å². The number of para-hydroxylation sites is 2. The van der Waals surface area contributed by atoms with Crippen molar-refractivity contribution in [1.82, 2.24) is 4.98 Å². The molecule has 1 amide bonds. The second-order valence-electron chi connectivity index (χ2n) is 8.16. The summed E-state index contributed by atoms with van der Waals surface area (Å²) in [6.45, 7) is 1.88. The molecule has 1 aliphatic heterocycles. The Morgan fingerprint density at radius 3 is 2.34 bits per heavy atom. The molecule has 0 fully saturated rings. The first-order chi connectivity index (χ1) is 16.9. The number of ketones is 1. The first kappa shape index (κ1) is 23.5. The van der Waals surface area contributed by atoms with Gasteiger partial charge in [0, 0.05) is 38.8 Å². The number of Topliss-reactive ketones (excluding diaryl/α,β-unsaturated/α-hetero) is 1. The van der Waals surface area contributed by atoms with Crippen LogP contribution in [0.25, 0.3) is 0 Å². The van der Waals surface area contributed by atoms with Gasteiger partial charge < -0.3 is 19.9 Å². The Kier molecular flexibility index (Phi) is 6.78. The number of rotatable bonds is 7. The van der Waals surface area contributed by atoms with Crippen LogP contribution in [0.15, 0.2) is 78.4 Å². The molecule has 0 aliphatic carbocycles. The maximum atomic E-state index is 12.9. The van der Waals surface area contributed by atoms with Crippen molar-refractivity contribution in [3.05, 3.63) is 83.9 Å². The van der Waals surface area contributed by atoms with Crippen molar-refractivity contribution in [2.45, 2.75) is 19.8 Å². The molecule has 0 spiro atoms. The molecule has 0 radical (unpaired) electrons. The fourth-order valence-corrected chi connectivity index (χ4v) is 4.01. The Balaban J connectivity index is 1.39. The van der Waals surface area contributed by atoms with Crippen LogP contribution in [0.1, 0.15) is 18.4 Å². The summed E-state index contributed by atoms with van der Waals surface area (Å²) in [7, 11) is 3.64. The normalized spacial score (nSPS) is 12.1. The molecule has 35 heavy (non-hydrogen) atoms. The number of pyridine rings is 1. The maximum absolute atomic E-state index is 12.9. The van der Waals surface area contributed by atoms with Crippen LogP contribution in [0.5, 0.6) is 11.5 Å². The van der Waals surface area contributed by atoms with Gasteiger partial charge in [0.15, 0.2) is 5.78 Å². The second-order valence-corrected chi connectivity index (χ2v) is 8.16. The van der Waals surface area contributed by atoms with Crippen LogP contribution < -0.4 is 19.9 Å². The molecule has 4 rings (SSSR count). The summed E-state index contributed by atoms with van der Waals surface area (Å²) in [5, 5.41) is 12.5. The topological polar surface area (TPSA) is 98.6 Å². The van der Waals surface area contributed by atoms with E-state index in [1.807, 2.05) is 67.2 Å². The van der Waals surface area contributed by atoms with Gasteiger partial charge in [-0.15, -0.1) is 0 Å². The molecule has 0 unspecified atom stereocenters. The van der Waals surface area contributed by atoms with Gasteiger partial charge in [0.25, 0.3) is 0 Å². The first-order valence-electron chi connectivity index (χ1n) is 11.1. The third-order valence-electron chi connectivity index (χ3n) is 5.75. The highest BCUT2D eigenvalue weighted by atomic mass is 16.5. The molecular formula is C27H25N5O3. The van der Waals surface area contributed by atoms with Gasteiger partial charge in [-0.05, 0) is 55.0 Å². The van der Waals surface area contributed by atoms with Gasteiger partial charge >= 0.3 is 0 Å². The molecule has 1 aliphatic rings. The Morgan fingerprint density at radius 2 is 1.74 bits per heavy atom. The van der Waals surface area contributed by atoms with Crippen LogP contribution >= 0.6 is 0 Å². The second kappa shape index (κ2) is 10.1. The Hall–Kier alpha value is -4.64. The van der Waals surface area contributed by atoms with Gasteiger partial charge in [-0.1, -0.05) is 12.1 Å². The van der Waals surface area contributed by atoms with Crippen LogP contribution in [-0.2, 0) is 9.59 Å². The third kappa shape index (κ3) is 4.99. The summed E-state index contributed by atoms with van der Waals surface area (Å²) in [4.78, 5) is 33.1. The predicted molar refractivity (Wildman–Crippen MR) is 134 cm³/mol. The summed E-state index contributed by atoms with van der Waals surface area (Å²) in [5.74, 6) is 1.11. The van der Waals surface area contributed by atoms with E-state index < -0.39 is 0 Å². The number of nitrogens with zero attached hydrogens (tertiary/aromatic N) is 4. The molecule has 0 atom stereocenters. The van der Waals surface area contributed by atoms with Gasteiger partial charge in [-0.2, -0.15) is 5.26 Å². The Bertz CT molecular complexity index is 1310. The zero-order chi connectivity index (χ0) is 24.9. The summed E-state index contributed by atoms with van der Waals surface area (Å²) < 4.78 is 5.81. The highest BCUT2D eigenvalue weighted by Crippen LogP contribution is 2.40. The van der Waals surface area contributed by atoms with Crippen LogP contribution in [-0.4, -0.2) is 30.8 Å². The number of hydrogen-bond acceptors (Lipinski definition) is 7. The van der Waals surface area contributed by atoms with Gasteiger partial charge in [0.1, 0.15) is 29.0 Å². The molecule has 0 saturated carbocycles. The molecule has 8 heteroatoms. The van der Waals surface area contributed by atoms with Crippen molar-refractivity contribution in [1.29, 1.82) is 5.26 Å². The molecule has 8 nitrogen and oxygen atoms in total. The SMILES string of the molecule is Cc1cc(NC(=O)CCC(=O)C(C#N)=C2N(C)c3ccccc3N2C)ccc1Oc1cccnc1. The molecule has 2 aromatic carbocycles. The van der Waals surface area contributed by atoms with Crippen LogP contribution in [0.3, 0.4) is 0 Å². The number of carbonyl (C=O) groups is 2. The lowest BCUT2D eigenvalue weighted by Gasteiger charge is -2.19. The average molecular weight is 468 g/mol. The van der Waals surface area contributed by atoms with Crippen molar-refractivity contribution < 1.29 is 14.3 Å². The van der Waals surface area contributed by atoms with Crippen molar-refractivity contribution >= 4 is 28.8 Å². The summed E-state index contributed by atoms with van der Waals surface area (Å²) in [6, 6.07) is 18.6. The number of nitrogens with one attached hydrogen (secondary N) is 1. The number of anilines is 3. The summed E-state index contributed by atoms with van der Waals surface area (Å²) in [5.41, 5.74) is 3.30. The van der Waals surface area contributed by atoms with Gasteiger partial charge in [-0.25, -0.2) is 0 Å². The van der Waals surface area contributed by atoms with Crippen molar-refractivity contribution in [3.8, 4) is 17.6 Å². The molecule has 0 saturated heterocycles. The van der Waals surface area contributed by atoms with Crippen molar-refractivity contribution in [2.24, 2.45) is 0 Å². The smallest absolute Gasteiger partial charge is 0.224 e. The number of fused-ring (bicyclic) bond motifs is 1. The highest BCUT2D eigenvalue weighted by molar-refractivity contribution is 6.04. The molecule has 3 aromatic rings. The summed E-state index contributed by atoms with van der Waals surface area (Å²) in [6.07, 6.45) is 3.18. The van der Waals surface area contributed by atoms with E-state index >= 15 is 0 Å². The lowest BCUT2D eigenvalue weighted by atomic mass is 10.1. The number of benzene rings is 2. The van der Waals surface area contributed by atoms with E-state index in [9.17, 15) is 14.9 Å². The molecule has 1 N–H and O–H groups in total. The zero-order valence-electron chi connectivity index (χ0n) is 19.8. The van der Waals surface area contributed by atoms with Crippen LogP contribution in [0.4, 0.5) is 17.1 Å². The largest absolute Gasteiger partial charge is 0.455 e. The van der Waals surface area contributed by atoms with Crippen molar-refractivity contribution in [2.75, 3.05) is 29.2 Å². The monoisotopic (exact) mass is 467 g/mol. The number of allylic oxidation sites excluding steroid dienone is 1. The van der Waals surface area contributed by atoms with E-state index in [-0.39, 0.29) is 30.1 Å². The predicted octanol–water partition coefficient (Wildman–Crippen LogP) is 4.79. The minimum Gasteiger partial charge on any atom is -0.455 e. The number of hydrogen-bond donors (Lipinski definition) is 1. The number of nitriles is 1. The first-order valence-corrected chi connectivity index (χ1v) is 11.1. The Labute approximate surface area is 204 Å². The molecule has 2 heterocycles.